The van der Waals surface area contributed by atoms with Gasteiger partial charge in [0.25, 0.3) is 5.91 Å². The van der Waals surface area contributed by atoms with E-state index in [0.29, 0.717) is 5.56 Å². The molecule has 0 spiro atoms. The minimum atomic E-state index is -4.53. The lowest BCUT2D eigenvalue weighted by molar-refractivity contribution is -0.137. The Kier molecular flexibility index (Phi) is 2.39. The molecule has 25 heavy (non-hydrogen) atoms. The largest absolute Gasteiger partial charge is 0.416 e. The van der Waals surface area contributed by atoms with Crippen LogP contribution in [0.25, 0.3) is 5.65 Å². The fourth-order valence-corrected chi connectivity index (χ4v) is 2.23. The number of fused-ring (bicyclic) bond motifs is 1. The van der Waals surface area contributed by atoms with Gasteiger partial charge in [-0.3, -0.25) is 9.20 Å². The molecule has 1 amide bonds. The molecular weight excluding hydrogens is 331 g/mol. The molecule has 0 aliphatic carbocycles. The highest BCUT2D eigenvalue weighted by atomic mass is 19.4. The second-order valence-corrected chi connectivity index (χ2v) is 5.17. The van der Waals surface area contributed by atoms with E-state index in [1.807, 2.05) is 0 Å². The SMILES string of the molecule is [2H]c1c(C([2H])([2H])[2H])cn2c(C(=O)NCc3ccc(C(F)(F)F)cc3)c(C([2H])([2H])[2H])nc2c1[2H]. The second-order valence-electron chi connectivity index (χ2n) is 5.17. The van der Waals surface area contributed by atoms with Crippen molar-refractivity contribution in [2.24, 2.45) is 0 Å². The van der Waals surface area contributed by atoms with Crippen LogP contribution in [-0.4, -0.2) is 15.3 Å². The number of halogens is 3. The van der Waals surface area contributed by atoms with Crippen LogP contribution in [0.2, 0.25) is 0 Å². The number of carbonyl (C=O) groups is 1. The number of carbonyl (C=O) groups excluding carboxylic acids is 1. The van der Waals surface area contributed by atoms with Gasteiger partial charge >= 0.3 is 6.18 Å². The summed E-state index contributed by atoms with van der Waals surface area (Å²) in [5.74, 6) is -0.998. The van der Waals surface area contributed by atoms with Crippen molar-refractivity contribution in [2.75, 3.05) is 0 Å². The molecular formula is C18H16F3N3O. The number of nitrogens with one attached hydrogen (secondary N) is 1. The standard InChI is InChI=1S/C18H16F3N3O/c1-11-3-8-15-23-12(2)16(24(15)10-11)17(25)22-9-13-4-6-14(7-5-13)18(19,20)21/h3-8,10H,9H2,1-2H3,(H,22,25)/i1D3,2D3,3D,8D. The zero-order valence-corrected chi connectivity index (χ0v) is 12.5. The molecule has 0 atom stereocenters. The number of amides is 1. The quantitative estimate of drug-likeness (QED) is 0.775. The van der Waals surface area contributed by atoms with Gasteiger partial charge in [0.05, 0.1) is 14.0 Å². The van der Waals surface area contributed by atoms with E-state index >= 15 is 0 Å². The summed E-state index contributed by atoms with van der Waals surface area (Å²) in [5, 5.41) is 2.38. The highest BCUT2D eigenvalue weighted by Gasteiger charge is 2.29. The van der Waals surface area contributed by atoms with E-state index < -0.39 is 60.4 Å². The van der Waals surface area contributed by atoms with Crippen LogP contribution < -0.4 is 5.32 Å². The number of hydrogen-bond acceptors (Lipinski definition) is 2. The van der Waals surface area contributed by atoms with Gasteiger partial charge in [-0.25, -0.2) is 4.98 Å². The Bertz CT molecular complexity index is 1210. The average Bonchev–Trinajstić information content (AvgIpc) is 3.08. The summed E-state index contributed by atoms with van der Waals surface area (Å²) in [6.45, 7) is -6.00. The third kappa shape index (κ3) is 3.50. The minimum Gasteiger partial charge on any atom is -0.347 e. The summed E-state index contributed by atoms with van der Waals surface area (Å²) in [5.41, 5.74) is -2.82. The van der Waals surface area contributed by atoms with E-state index in [2.05, 4.69) is 10.3 Å². The van der Waals surface area contributed by atoms with Crippen LogP contribution in [0.4, 0.5) is 13.2 Å². The number of nitrogens with zero attached hydrogens (tertiary/aromatic N) is 2. The molecule has 0 unspecified atom stereocenters. The lowest BCUT2D eigenvalue weighted by Crippen LogP contribution is -2.25. The fraction of sp³-hybridized carbons (Fsp3) is 0.222. The highest BCUT2D eigenvalue weighted by Crippen LogP contribution is 2.29. The molecule has 4 nitrogen and oxygen atoms in total. The lowest BCUT2D eigenvalue weighted by atomic mass is 10.1. The van der Waals surface area contributed by atoms with E-state index in [1.54, 1.807) is 0 Å². The van der Waals surface area contributed by atoms with E-state index in [9.17, 15) is 18.0 Å². The van der Waals surface area contributed by atoms with Crippen molar-refractivity contribution in [1.29, 1.82) is 0 Å². The monoisotopic (exact) mass is 355 g/mol. The number of hydrogen-bond donors (Lipinski definition) is 1. The molecule has 0 saturated heterocycles. The van der Waals surface area contributed by atoms with Crippen molar-refractivity contribution in [3.8, 4) is 0 Å². The first-order chi connectivity index (χ1) is 15.0. The molecule has 1 N–H and O–H groups in total. The highest BCUT2D eigenvalue weighted by molar-refractivity contribution is 5.94. The molecule has 0 saturated carbocycles. The predicted molar refractivity (Wildman–Crippen MR) is 87.3 cm³/mol. The molecule has 0 radical (unpaired) electrons. The van der Waals surface area contributed by atoms with Crippen molar-refractivity contribution in [2.45, 2.75) is 26.4 Å². The third-order valence-corrected chi connectivity index (χ3v) is 3.43. The maximum absolute atomic E-state index is 12.9. The molecule has 1 aromatic carbocycles. The van der Waals surface area contributed by atoms with Crippen molar-refractivity contribution in [3.63, 3.8) is 0 Å². The Hall–Kier alpha value is -2.83. The summed E-state index contributed by atoms with van der Waals surface area (Å²) in [6, 6.07) is 2.59. The summed E-state index contributed by atoms with van der Waals surface area (Å²) >= 11 is 0. The first-order valence-electron chi connectivity index (χ1n) is 11.0. The predicted octanol–water partition coefficient (Wildman–Crippen LogP) is 3.90. The molecule has 0 fully saturated rings. The Morgan fingerprint density at radius 2 is 2.04 bits per heavy atom. The number of rotatable bonds is 3. The van der Waals surface area contributed by atoms with E-state index in [1.165, 1.54) is 0 Å². The van der Waals surface area contributed by atoms with E-state index in [4.69, 9.17) is 11.0 Å². The fourth-order valence-electron chi connectivity index (χ4n) is 2.23. The number of alkyl halides is 3. The maximum Gasteiger partial charge on any atom is 0.416 e. The normalized spacial score (nSPS) is 17.4. The minimum absolute atomic E-state index is 0.263. The zero-order chi connectivity index (χ0) is 24.9. The van der Waals surface area contributed by atoms with Crippen LogP contribution in [0.5, 0.6) is 0 Å². The Labute approximate surface area is 153 Å². The van der Waals surface area contributed by atoms with Crippen LogP contribution in [-0.2, 0) is 12.7 Å². The van der Waals surface area contributed by atoms with E-state index in [-0.39, 0.29) is 12.2 Å². The maximum atomic E-state index is 12.9. The van der Waals surface area contributed by atoms with Crippen molar-refractivity contribution >= 4 is 11.6 Å². The molecule has 2 heterocycles. The van der Waals surface area contributed by atoms with Crippen molar-refractivity contribution in [3.05, 3.63) is 70.6 Å². The number of pyridine rings is 1. The first kappa shape index (κ1) is 9.60. The van der Waals surface area contributed by atoms with Gasteiger partial charge in [0.1, 0.15) is 11.3 Å². The first-order valence-corrected chi connectivity index (χ1v) is 6.99. The molecule has 0 aliphatic rings. The zero-order valence-electron chi connectivity index (χ0n) is 20.5. The van der Waals surface area contributed by atoms with Crippen LogP contribution in [0.1, 0.15) is 43.8 Å². The van der Waals surface area contributed by atoms with Gasteiger partial charge in [-0.2, -0.15) is 13.2 Å². The molecule has 0 bridgehead atoms. The van der Waals surface area contributed by atoms with Gasteiger partial charge in [0, 0.05) is 21.0 Å². The van der Waals surface area contributed by atoms with Crippen LogP contribution in [0.3, 0.4) is 0 Å². The molecule has 3 aromatic rings. The van der Waals surface area contributed by atoms with Crippen LogP contribution in [0, 0.1) is 13.7 Å². The van der Waals surface area contributed by atoms with Gasteiger partial charge in [-0.15, -0.1) is 0 Å². The number of benzene rings is 1. The van der Waals surface area contributed by atoms with Gasteiger partial charge in [-0.1, -0.05) is 18.2 Å². The molecule has 2 aromatic heterocycles. The topological polar surface area (TPSA) is 46.4 Å². The number of aryl methyl sites for hydroxylation is 2. The Balaban J connectivity index is 2.04. The van der Waals surface area contributed by atoms with Crippen LogP contribution in [0.15, 0.2) is 42.5 Å². The van der Waals surface area contributed by atoms with Gasteiger partial charge in [-0.05, 0) is 43.0 Å². The summed E-state index contributed by atoms with van der Waals surface area (Å²) in [6.07, 6.45) is -3.66. The van der Waals surface area contributed by atoms with Crippen molar-refractivity contribution in [1.82, 2.24) is 14.7 Å². The van der Waals surface area contributed by atoms with Crippen LogP contribution >= 0.6 is 0 Å². The molecule has 7 heteroatoms. The Morgan fingerprint density at radius 1 is 1.28 bits per heavy atom. The number of imidazole rings is 1. The number of aromatic nitrogens is 2. The smallest absolute Gasteiger partial charge is 0.347 e. The lowest BCUT2D eigenvalue weighted by Gasteiger charge is -2.09. The third-order valence-electron chi connectivity index (χ3n) is 3.43. The summed E-state index contributed by atoms with van der Waals surface area (Å²) in [4.78, 5) is 16.7. The average molecular weight is 355 g/mol. The summed E-state index contributed by atoms with van der Waals surface area (Å²) < 4.78 is 101. The van der Waals surface area contributed by atoms with E-state index in [0.717, 1.165) is 34.9 Å². The summed E-state index contributed by atoms with van der Waals surface area (Å²) in [7, 11) is 0. The van der Waals surface area contributed by atoms with Crippen molar-refractivity contribution < 1.29 is 28.9 Å². The molecule has 0 aliphatic heterocycles. The molecule has 3 rings (SSSR count). The second kappa shape index (κ2) is 6.23. The molecule has 130 valence electrons. The van der Waals surface area contributed by atoms with Gasteiger partial charge in [0.2, 0.25) is 0 Å². The van der Waals surface area contributed by atoms with Gasteiger partial charge in [0.15, 0.2) is 0 Å². The Morgan fingerprint density at radius 3 is 2.68 bits per heavy atom. The van der Waals surface area contributed by atoms with Gasteiger partial charge < -0.3 is 5.32 Å².